The third-order valence-electron chi connectivity index (χ3n) is 8.56. The third-order valence-corrected chi connectivity index (χ3v) is 8.56. The molecule has 4 heteroatoms. The van der Waals surface area contributed by atoms with Gasteiger partial charge in [-0.15, -0.1) is 0 Å². The fraction of sp³-hybridized carbons (Fsp3) is 0.0256. The van der Waals surface area contributed by atoms with E-state index in [-0.39, 0.29) is 0 Å². The molecule has 0 unspecified atom stereocenters. The summed E-state index contributed by atoms with van der Waals surface area (Å²) < 4.78 is 4.48. The molecule has 0 radical (unpaired) electrons. The number of nitriles is 1. The zero-order chi connectivity index (χ0) is 29.1. The molecule has 4 nitrogen and oxygen atoms in total. The van der Waals surface area contributed by atoms with Crippen LogP contribution in [0.2, 0.25) is 0 Å². The largest absolute Gasteiger partial charge is 0.309 e. The van der Waals surface area contributed by atoms with E-state index in [0.717, 1.165) is 49.9 Å². The van der Waals surface area contributed by atoms with Crippen LogP contribution in [0, 0.1) is 24.8 Å². The van der Waals surface area contributed by atoms with E-state index in [1.165, 1.54) is 21.8 Å². The van der Waals surface area contributed by atoms with E-state index in [4.69, 9.17) is 6.57 Å². The number of hydrogen-bond acceptors (Lipinski definition) is 1. The van der Waals surface area contributed by atoms with Crippen LogP contribution in [0.15, 0.2) is 127 Å². The minimum atomic E-state index is 0.553. The standard InChI is InChI=1S/C39H24N4/c1-25-34(41-2)19-16-28(24-40)39(25)43-36-15-9-7-13-31(36)33-23-27(18-21-38(33)43)26-17-20-37-32(22-26)30-12-6-8-14-35(30)42(37)29-10-4-3-5-11-29/h3-23H,1H3. The minimum Gasteiger partial charge on any atom is -0.309 e. The van der Waals surface area contributed by atoms with E-state index in [1.54, 1.807) is 12.1 Å². The quantitative estimate of drug-likeness (QED) is 0.202. The molecule has 0 saturated carbocycles. The number of nitrogens with zero attached hydrogens (tertiary/aromatic N) is 4. The summed E-state index contributed by atoms with van der Waals surface area (Å²) in [7, 11) is 0. The summed E-state index contributed by atoms with van der Waals surface area (Å²) >= 11 is 0. The number of para-hydroxylation sites is 3. The van der Waals surface area contributed by atoms with Gasteiger partial charge in [0.25, 0.3) is 0 Å². The molecule has 0 aliphatic carbocycles. The summed E-state index contributed by atoms with van der Waals surface area (Å²) in [6.45, 7) is 9.60. The van der Waals surface area contributed by atoms with E-state index in [1.807, 2.05) is 19.1 Å². The second kappa shape index (κ2) is 9.48. The van der Waals surface area contributed by atoms with Gasteiger partial charge in [0.1, 0.15) is 6.07 Å². The van der Waals surface area contributed by atoms with Gasteiger partial charge in [-0.1, -0.05) is 78.9 Å². The van der Waals surface area contributed by atoms with Crippen molar-refractivity contribution in [3.05, 3.63) is 150 Å². The molecule has 0 saturated heterocycles. The van der Waals surface area contributed by atoms with E-state index in [9.17, 15) is 5.26 Å². The lowest BCUT2D eigenvalue weighted by Crippen LogP contribution is -2.00. The highest BCUT2D eigenvalue weighted by atomic mass is 15.0. The predicted octanol–water partition coefficient (Wildman–Crippen LogP) is 10.3. The Morgan fingerprint density at radius 2 is 1.12 bits per heavy atom. The Kier molecular flexibility index (Phi) is 5.44. The lowest BCUT2D eigenvalue weighted by Gasteiger charge is -2.14. The molecule has 0 N–H and O–H groups in total. The van der Waals surface area contributed by atoms with Crippen molar-refractivity contribution in [1.82, 2.24) is 9.13 Å². The SMILES string of the molecule is [C-]#[N+]c1ccc(C#N)c(-n2c3ccccc3c3cc(-c4ccc5c(c4)c4ccccc4n5-c4ccccc4)ccc32)c1C. The summed E-state index contributed by atoms with van der Waals surface area (Å²) in [5.74, 6) is 0. The Morgan fingerprint density at radius 3 is 1.72 bits per heavy atom. The molecule has 0 atom stereocenters. The molecule has 2 aromatic heterocycles. The summed E-state index contributed by atoms with van der Waals surface area (Å²) in [4.78, 5) is 3.72. The molecule has 0 aliphatic rings. The first kappa shape index (κ1) is 24.7. The van der Waals surface area contributed by atoms with Gasteiger partial charge in [0.05, 0.1) is 39.9 Å². The highest BCUT2D eigenvalue weighted by Crippen LogP contribution is 2.40. The van der Waals surface area contributed by atoms with Crippen LogP contribution in [0.4, 0.5) is 5.69 Å². The normalized spacial score (nSPS) is 11.3. The van der Waals surface area contributed by atoms with Crippen molar-refractivity contribution in [2.45, 2.75) is 6.92 Å². The average Bonchev–Trinajstić information content (AvgIpc) is 3.57. The van der Waals surface area contributed by atoms with Gasteiger partial charge < -0.3 is 9.13 Å². The van der Waals surface area contributed by atoms with Gasteiger partial charge in [-0.05, 0) is 72.1 Å². The lowest BCUT2D eigenvalue weighted by molar-refractivity contribution is 1.14. The molecule has 2 heterocycles. The summed E-state index contributed by atoms with van der Waals surface area (Å²) in [6, 6.07) is 46.5. The zero-order valence-electron chi connectivity index (χ0n) is 23.4. The molecule has 43 heavy (non-hydrogen) atoms. The third kappa shape index (κ3) is 3.61. The molecule has 0 bridgehead atoms. The smallest absolute Gasteiger partial charge is 0.192 e. The number of hydrogen-bond donors (Lipinski definition) is 0. The molecule has 0 fully saturated rings. The first-order valence-electron chi connectivity index (χ1n) is 14.2. The van der Waals surface area contributed by atoms with Crippen LogP contribution in [0.3, 0.4) is 0 Å². The molecule has 6 aromatic carbocycles. The first-order valence-corrected chi connectivity index (χ1v) is 14.2. The maximum atomic E-state index is 10.0. The van der Waals surface area contributed by atoms with Crippen molar-refractivity contribution < 1.29 is 0 Å². The summed E-state index contributed by atoms with van der Waals surface area (Å²) in [6.07, 6.45) is 0. The van der Waals surface area contributed by atoms with Crippen LogP contribution in [0.25, 0.3) is 71.0 Å². The van der Waals surface area contributed by atoms with Gasteiger partial charge in [0, 0.05) is 27.2 Å². The second-order valence-electron chi connectivity index (χ2n) is 10.8. The van der Waals surface area contributed by atoms with Crippen LogP contribution in [-0.4, -0.2) is 9.13 Å². The molecule has 0 spiro atoms. The lowest BCUT2D eigenvalue weighted by atomic mass is 10.0. The molecular weight excluding hydrogens is 524 g/mol. The summed E-state index contributed by atoms with van der Waals surface area (Å²) in [5.41, 5.74) is 10.5. The van der Waals surface area contributed by atoms with Gasteiger partial charge >= 0.3 is 0 Å². The molecule has 0 amide bonds. The second-order valence-corrected chi connectivity index (χ2v) is 10.8. The Bertz CT molecular complexity index is 2480. The van der Waals surface area contributed by atoms with E-state index < -0.39 is 0 Å². The van der Waals surface area contributed by atoms with E-state index in [2.05, 4.69) is 123 Å². The monoisotopic (exact) mass is 548 g/mol. The van der Waals surface area contributed by atoms with Crippen molar-refractivity contribution in [2.24, 2.45) is 0 Å². The number of aromatic nitrogens is 2. The maximum Gasteiger partial charge on any atom is 0.192 e. The average molecular weight is 549 g/mol. The van der Waals surface area contributed by atoms with Crippen molar-refractivity contribution in [3.8, 4) is 28.6 Å². The predicted molar refractivity (Wildman–Crippen MR) is 176 cm³/mol. The van der Waals surface area contributed by atoms with Gasteiger partial charge in [-0.3, -0.25) is 0 Å². The number of fused-ring (bicyclic) bond motifs is 6. The maximum absolute atomic E-state index is 10.0. The molecule has 0 aliphatic heterocycles. The Balaban J connectivity index is 1.37. The van der Waals surface area contributed by atoms with Crippen molar-refractivity contribution in [3.63, 3.8) is 0 Å². The molecule has 8 aromatic rings. The van der Waals surface area contributed by atoms with E-state index in [0.29, 0.717) is 11.3 Å². The summed E-state index contributed by atoms with van der Waals surface area (Å²) in [5, 5.41) is 14.7. The Labute approximate surface area is 248 Å². The Hall–Kier alpha value is -6.10. The fourth-order valence-corrected chi connectivity index (χ4v) is 6.59. The van der Waals surface area contributed by atoms with Gasteiger partial charge in [-0.25, -0.2) is 4.85 Å². The topological polar surface area (TPSA) is 38.0 Å². The fourth-order valence-electron chi connectivity index (χ4n) is 6.59. The zero-order valence-corrected chi connectivity index (χ0v) is 23.4. The van der Waals surface area contributed by atoms with Crippen LogP contribution < -0.4 is 0 Å². The van der Waals surface area contributed by atoms with Crippen molar-refractivity contribution in [1.29, 1.82) is 5.26 Å². The molecule has 8 rings (SSSR count). The number of rotatable bonds is 3. The van der Waals surface area contributed by atoms with Crippen LogP contribution >= 0.6 is 0 Å². The van der Waals surface area contributed by atoms with Gasteiger partial charge in [0.2, 0.25) is 0 Å². The highest BCUT2D eigenvalue weighted by Gasteiger charge is 2.19. The Morgan fingerprint density at radius 1 is 0.581 bits per heavy atom. The van der Waals surface area contributed by atoms with Gasteiger partial charge in [0.15, 0.2) is 5.69 Å². The van der Waals surface area contributed by atoms with Crippen molar-refractivity contribution in [2.75, 3.05) is 0 Å². The molecular formula is C39H24N4. The minimum absolute atomic E-state index is 0.553. The first-order chi connectivity index (χ1) is 21.2. The van der Waals surface area contributed by atoms with Crippen LogP contribution in [0.1, 0.15) is 11.1 Å². The van der Waals surface area contributed by atoms with Gasteiger partial charge in [-0.2, -0.15) is 5.26 Å². The van der Waals surface area contributed by atoms with E-state index >= 15 is 0 Å². The van der Waals surface area contributed by atoms with Crippen molar-refractivity contribution >= 4 is 49.3 Å². The van der Waals surface area contributed by atoms with Crippen LogP contribution in [-0.2, 0) is 0 Å². The van der Waals surface area contributed by atoms with Crippen LogP contribution in [0.5, 0.6) is 0 Å². The highest BCUT2D eigenvalue weighted by molar-refractivity contribution is 6.12. The number of benzene rings is 6. The molecule has 200 valence electrons.